The fraction of sp³-hybridized carbons (Fsp3) is 0.174. The normalized spacial score (nSPS) is 10.9. The van der Waals surface area contributed by atoms with Crippen LogP contribution < -0.4 is 5.32 Å². The van der Waals surface area contributed by atoms with E-state index in [0.717, 1.165) is 21.7 Å². The third-order valence-electron chi connectivity index (χ3n) is 4.70. The number of esters is 1. The number of nitrogens with zero attached hydrogens (tertiary/aromatic N) is 2. The maximum absolute atomic E-state index is 13.0. The minimum atomic E-state index is -0.449. The fourth-order valence-corrected chi connectivity index (χ4v) is 4.47. The molecule has 0 aliphatic heterocycles. The summed E-state index contributed by atoms with van der Waals surface area (Å²) in [5, 5.41) is 3.39. The maximum Gasteiger partial charge on any atom is 0.341 e. The zero-order chi connectivity index (χ0) is 21.3. The highest BCUT2D eigenvalue weighted by Gasteiger charge is 2.25. The van der Waals surface area contributed by atoms with Crippen LogP contribution in [0.3, 0.4) is 0 Å². The molecule has 0 atom stereocenters. The van der Waals surface area contributed by atoms with Gasteiger partial charge >= 0.3 is 5.97 Å². The zero-order valence-electron chi connectivity index (χ0n) is 16.9. The van der Waals surface area contributed by atoms with E-state index in [1.54, 1.807) is 25.3 Å². The lowest BCUT2D eigenvalue weighted by molar-refractivity contribution is 0.0529. The first-order valence-electron chi connectivity index (χ1n) is 9.60. The number of rotatable bonds is 5. The van der Waals surface area contributed by atoms with Crippen LogP contribution in [0.4, 0.5) is 5.00 Å². The zero-order valence-corrected chi connectivity index (χ0v) is 17.7. The minimum absolute atomic E-state index is 0.255. The molecule has 4 rings (SSSR count). The van der Waals surface area contributed by atoms with Crippen molar-refractivity contribution in [2.75, 3.05) is 11.9 Å². The second kappa shape index (κ2) is 8.12. The standard InChI is InChI=1S/C23H21N3O3S/c1-4-29-23(28)20-19(16-8-6-5-7-9-16)15(3)30-22(20)25-21(27)17-10-11-26-13-14(2)24-18(26)12-17/h5-13H,4H2,1-3H3,(H,25,27). The first-order chi connectivity index (χ1) is 14.5. The van der Waals surface area contributed by atoms with Gasteiger partial charge in [-0.3, -0.25) is 4.79 Å². The molecule has 0 aliphatic carbocycles. The molecule has 1 aromatic carbocycles. The Labute approximate surface area is 178 Å². The highest BCUT2D eigenvalue weighted by Crippen LogP contribution is 2.40. The van der Waals surface area contributed by atoms with Gasteiger partial charge in [0.15, 0.2) is 0 Å². The van der Waals surface area contributed by atoms with Crippen LogP contribution in [0.25, 0.3) is 16.8 Å². The Hall–Kier alpha value is -3.45. The van der Waals surface area contributed by atoms with Crippen molar-refractivity contribution in [2.24, 2.45) is 0 Å². The molecule has 30 heavy (non-hydrogen) atoms. The molecule has 1 amide bonds. The summed E-state index contributed by atoms with van der Waals surface area (Å²) in [5.41, 5.74) is 4.11. The number of aromatic nitrogens is 2. The third kappa shape index (κ3) is 3.71. The number of fused-ring (bicyclic) bond motifs is 1. The van der Waals surface area contributed by atoms with Crippen LogP contribution >= 0.6 is 11.3 Å². The Morgan fingerprint density at radius 3 is 2.67 bits per heavy atom. The number of pyridine rings is 1. The number of carbonyl (C=O) groups excluding carboxylic acids is 2. The lowest BCUT2D eigenvalue weighted by Gasteiger charge is -2.09. The Morgan fingerprint density at radius 1 is 1.17 bits per heavy atom. The van der Waals surface area contributed by atoms with Crippen LogP contribution in [0.15, 0.2) is 54.9 Å². The first-order valence-corrected chi connectivity index (χ1v) is 10.4. The molecule has 152 valence electrons. The van der Waals surface area contributed by atoms with E-state index >= 15 is 0 Å². The maximum atomic E-state index is 13.0. The Morgan fingerprint density at radius 2 is 1.93 bits per heavy atom. The number of nitrogens with one attached hydrogen (secondary N) is 1. The van der Waals surface area contributed by atoms with Gasteiger partial charge in [0.25, 0.3) is 5.91 Å². The molecule has 0 saturated carbocycles. The van der Waals surface area contributed by atoms with Crippen LogP contribution in [0, 0.1) is 13.8 Å². The Kier molecular flexibility index (Phi) is 5.37. The number of aryl methyl sites for hydroxylation is 2. The summed E-state index contributed by atoms with van der Waals surface area (Å²) in [5.74, 6) is -0.750. The van der Waals surface area contributed by atoms with Crippen molar-refractivity contribution in [2.45, 2.75) is 20.8 Å². The summed E-state index contributed by atoms with van der Waals surface area (Å²) in [4.78, 5) is 31.1. The van der Waals surface area contributed by atoms with E-state index in [4.69, 9.17) is 4.74 Å². The molecule has 0 saturated heterocycles. The van der Waals surface area contributed by atoms with Gasteiger partial charge in [-0.2, -0.15) is 0 Å². The van der Waals surface area contributed by atoms with Gasteiger partial charge in [0.2, 0.25) is 0 Å². The van der Waals surface area contributed by atoms with Gasteiger partial charge in [0, 0.05) is 28.4 Å². The van der Waals surface area contributed by atoms with Crippen molar-refractivity contribution in [3.05, 3.63) is 76.6 Å². The van der Waals surface area contributed by atoms with Crippen molar-refractivity contribution < 1.29 is 14.3 Å². The lowest BCUT2D eigenvalue weighted by atomic mass is 10.0. The smallest absolute Gasteiger partial charge is 0.341 e. The summed E-state index contributed by atoms with van der Waals surface area (Å²) in [6.45, 7) is 5.85. The fourth-order valence-electron chi connectivity index (χ4n) is 3.41. The summed E-state index contributed by atoms with van der Waals surface area (Å²) in [7, 11) is 0. The molecule has 6 nitrogen and oxygen atoms in total. The summed E-state index contributed by atoms with van der Waals surface area (Å²) >= 11 is 1.37. The number of benzene rings is 1. The quantitative estimate of drug-likeness (QED) is 0.456. The van der Waals surface area contributed by atoms with Crippen molar-refractivity contribution in [3.8, 4) is 11.1 Å². The molecule has 3 heterocycles. The number of anilines is 1. The molecule has 1 N–H and O–H groups in total. The molecule has 0 aliphatic rings. The molecule has 0 unspecified atom stereocenters. The van der Waals surface area contributed by atoms with E-state index < -0.39 is 5.97 Å². The van der Waals surface area contributed by atoms with Crippen LogP contribution in [0.5, 0.6) is 0 Å². The van der Waals surface area contributed by atoms with Gasteiger partial charge in [-0.25, -0.2) is 9.78 Å². The van der Waals surface area contributed by atoms with Gasteiger partial charge < -0.3 is 14.5 Å². The van der Waals surface area contributed by atoms with Crippen LogP contribution in [0.2, 0.25) is 0 Å². The van der Waals surface area contributed by atoms with Crippen molar-refractivity contribution in [1.82, 2.24) is 9.38 Å². The van der Waals surface area contributed by atoms with Crippen LogP contribution in [-0.2, 0) is 4.74 Å². The third-order valence-corrected chi connectivity index (χ3v) is 5.72. The average Bonchev–Trinajstić information content (AvgIpc) is 3.26. The number of hydrogen-bond donors (Lipinski definition) is 1. The molecule has 0 fully saturated rings. The number of amides is 1. The van der Waals surface area contributed by atoms with Gasteiger partial charge in [0.05, 0.1) is 12.3 Å². The largest absolute Gasteiger partial charge is 0.462 e. The van der Waals surface area contributed by atoms with E-state index in [0.29, 0.717) is 21.8 Å². The highest BCUT2D eigenvalue weighted by molar-refractivity contribution is 7.17. The number of thiophene rings is 1. The van der Waals surface area contributed by atoms with E-state index in [-0.39, 0.29) is 12.5 Å². The topological polar surface area (TPSA) is 72.7 Å². The van der Waals surface area contributed by atoms with Crippen molar-refractivity contribution >= 4 is 33.9 Å². The molecule has 3 aromatic heterocycles. The average molecular weight is 420 g/mol. The second-order valence-corrected chi connectivity index (χ2v) is 8.07. The van der Waals surface area contributed by atoms with E-state index in [9.17, 15) is 9.59 Å². The van der Waals surface area contributed by atoms with E-state index in [1.807, 2.05) is 54.8 Å². The number of hydrogen-bond acceptors (Lipinski definition) is 5. The molecular weight excluding hydrogens is 398 g/mol. The van der Waals surface area contributed by atoms with Gasteiger partial charge in [-0.1, -0.05) is 30.3 Å². The van der Waals surface area contributed by atoms with E-state index in [2.05, 4.69) is 10.3 Å². The van der Waals surface area contributed by atoms with Gasteiger partial charge in [-0.05, 0) is 38.5 Å². The molecule has 0 spiro atoms. The number of imidazole rings is 1. The molecule has 4 aromatic rings. The Bertz CT molecular complexity index is 1240. The Balaban J connectivity index is 1.74. The van der Waals surface area contributed by atoms with Crippen molar-refractivity contribution in [1.29, 1.82) is 0 Å². The lowest BCUT2D eigenvalue weighted by Crippen LogP contribution is -2.15. The van der Waals surface area contributed by atoms with E-state index in [1.165, 1.54) is 11.3 Å². The number of carbonyl (C=O) groups is 2. The monoisotopic (exact) mass is 419 g/mol. The van der Waals surface area contributed by atoms with Crippen molar-refractivity contribution in [3.63, 3.8) is 0 Å². The summed E-state index contributed by atoms with van der Waals surface area (Å²) in [6.07, 6.45) is 3.69. The van der Waals surface area contributed by atoms with Crippen LogP contribution in [0.1, 0.15) is 38.2 Å². The number of ether oxygens (including phenoxy) is 1. The predicted octanol–water partition coefficient (Wildman–Crippen LogP) is 5.11. The SMILES string of the molecule is CCOC(=O)c1c(NC(=O)c2ccn3cc(C)nc3c2)sc(C)c1-c1ccccc1. The van der Waals surface area contributed by atoms with Gasteiger partial charge in [0.1, 0.15) is 16.2 Å². The summed E-state index contributed by atoms with van der Waals surface area (Å²) < 4.78 is 7.15. The molecule has 0 bridgehead atoms. The highest BCUT2D eigenvalue weighted by atomic mass is 32.1. The second-order valence-electron chi connectivity index (χ2n) is 6.84. The predicted molar refractivity (Wildman–Crippen MR) is 118 cm³/mol. The molecule has 7 heteroatoms. The minimum Gasteiger partial charge on any atom is -0.462 e. The molecular formula is C23H21N3O3S. The summed E-state index contributed by atoms with van der Waals surface area (Å²) in [6, 6.07) is 13.1. The first kappa shape index (κ1) is 19.8. The molecule has 0 radical (unpaired) electrons. The van der Waals surface area contributed by atoms with Crippen LogP contribution in [-0.4, -0.2) is 27.9 Å². The van der Waals surface area contributed by atoms with Gasteiger partial charge in [-0.15, -0.1) is 11.3 Å².